The minimum Gasteiger partial charge on any atom is -0.391 e. The van der Waals surface area contributed by atoms with Gasteiger partial charge in [-0.1, -0.05) is 51.9 Å². The van der Waals surface area contributed by atoms with Crippen molar-refractivity contribution in [3.8, 4) is 0 Å². The molecule has 0 atom stereocenters. The first-order valence-electron chi connectivity index (χ1n) is 7.63. The van der Waals surface area contributed by atoms with Crippen LogP contribution < -0.4 is 0 Å². The Morgan fingerprint density at radius 2 is 1.44 bits per heavy atom. The third kappa shape index (κ3) is 12.7. The predicted molar refractivity (Wildman–Crippen MR) is 84.0 cm³/mol. The molecular weight excluding hydrogens is 242 g/mol. The third-order valence-corrected chi connectivity index (χ3v) is 4.75. The molecule has 0 bridgehead atoms. The number of rotatable bonds is 13. The molecule has 0 aliphatic carbocycles. The molecule has 0 radical (unpaired) electrons. The van der Waals surface area contributed by atoms with Crippen LogP contribution in [0.2, 0.25) is 0 Å². The Balaban J connectivity index is 3.16. The molecule has 0 spiro atoms. The smallest absolute Gasteiger partial charge is 0.125 e. The summed E-state index contributed by atoms with van der Waals surface area (Å²) in [7, 11) is 4.38. The number of hydrogen-bond donors (Lipinski definition) is 1. The van der Waals surface area contributed by atoms with Gasteiger partial charge in [0.15, 0.2) is 0 Å². The van der Waals surface area contributed by atoms with E-state index < -0.39 is 0 Å². The molecule has 18 heavy (non-hydrogen) atoms. The number of unbranched alkanes of at least 4 members (excludes halogenated alkanes) is 7. The maximum atomic E-state index is 8.94. The van der Waals surface area contributed by atoms with Gasteiger partial charge in [-0.05, 0) is 12.2 Å². The van der Waals surface area contributed by atoms with Crippen LogP contribution in [0.25, 0.3) is 0 Å². The van der Waals surface area contributed by atoms with E-state index in [9.17, 15) is 0 Å². The SMILES string of the molecule is CCCCCCCCCCSC[N+](C)(C)CCO. The summed E-state index contributed by atoms with van der Waals surface area (Å²) in [5, 5.41) is 8.94. The molecule has 0 saturated carbocycles. The van der Waals surface area contributed by atoms with Crippen LogP contribution in [0.4, 0.5) is 0 Å². The van der Waals surface area contributed by atoms with Crippen LogP contribution in [-0.4, -0.2) is 48.5 Å². The topological polar surface area (TPSA) is 20.2 Å². The van der Waals surface area contributed by atoms with Gasteiger partial charge in [-0.25, -0.2) is 0 Å². The van der Waals surface area contributed by atoms with Crippen molar-refractivity contribution in [2.24, 2.45) is 0 Å². The van der Waals surface area contributed by atoms with Crippen molar-refractivity contribution < 1.29 is 9.59 Å². The average Bonchev–Trinajstić information content (AvgIpc) is 2.31. The molecule has 0 aromatic rings. The average molecular weight is 277 g/mol. The van der Waals surface area contributed by atoms with Gasteiger partial charge in [0.05, 0.1) is 20.7 Å². The first-order chi connectivity index (χ1) is 8.62. The van der Waals surface area contributed by atoms with E-state index in [1.807, 2.05) is 11.8 Å². The highest BCUT2D eigenvalue weighted by atomic mass is 32.2. The van der Waals surface area contributed by atoms with Crippen molar-refractivity contribution in [3.05, 3.63) is 0 Å². The Morgan fingerprint density at radius 3 is 2.00 bits per heavy atom. The van der Waals surface area contributed by atoms with Gasteiger partial charge in [-0.3, -0.25) is 0 Å². The molecule has 0 saturated heterocycles. The zero-order valence-electron chi connectivity index (χ0n) is 12.8. The van der Waals surface area contributed by atoms with Gasteiger partial charge in [0, 0.05) is 0 Å². The second-order valence-electron chi connectivity index (χ2n) is 5.90. The molecule has 0 aromatic carbocycles. The minimum atomic E-state index is 0.297. The van der Waals surface area contributed by atoms with Crippen LogP contribution in [-0.2, 0) is 0 Å². The van der Waals surface area contributed by atoms with E-state index >= 15 is 0 Å². The van der Waals surface area contributed by atoms with Crippen LogP contribution in [0.5, 0.6) is 0 Å². The van der Waals surface area contributed by atoms with Crippen LogP contribution in [0.3, 0.4) is 0 Å². The van der Waals surface area contributed by atoms with Gasteiger partial charge in [0.2, 0.25) is 0 Å². The third-order valence-electron chi connectivity index (χ3n) is 3.29. The molecule has 2 nitrogen and oxygen atoms in total. The van der Waals surface area contributed by atoms with E-state index in [2.05, 4.69) is 21.0 Å². The fourth-order valence-corrected chi connectivity index (χ4v) is 3.15. The van der Waals surface area contributed by atoms with Gasteiger partial charge in [-0.15, -0.1) is 11.8 Å². The normalized spacial score (nSPS) is 12.0. The van der Waals surface area contributed by atoms with E-state index in [0.717, 1.165) is 16.9 Å². The number of quaternary nitrogens is 1. The molecule has 0 aromatic heterocycles. The number of nitrogens with zero attached hydrogens (tertiary/aromatic N) is 1. The van der Waals surface area contributed by atoms with Crippen LogP contribution >= 0.6 is 11.8 Å². The molecule has 0 fully saturated rings. The van der Waals surface area contributed by atoms with E-state index in [-0.39, 0.29) is 0 Å². The predicted octanol–water partition coefficient (Wildman–Crippen LogP) is 3.89. The lowest BCUT2D eigenvalue weighted by molar-refractivity contribution is -0.877. The second kappa shape index (κ2) is 12.3. The molecule has 3 heteroatoms. The van der Waals surface area contributed by atoms with Gasteiger partial charge < -0.3 is 9.59 Å². The van der Waals surface area contributed by atoms with Crippen LogP contribution in [0, 0.1) is 0 Å². The second-order valence-corrected chi connectivity index (χ2v) is 6.97. The molecule has 110 valence electrons. The van der Waals surface area contributed by atoms with Crippen molar-refractivity contribution >= 4 is 11.8 Å². The minimum absolute atomic E-state index is 0.297. The molecule has 0 aliphatic heterocycles. The summed E-state index contributed by atoms with van der Waals surface area (Å²) in [4.78, 5) is 0. The lowest BCUT2D eigenvalue weighted by atomic mass is 10.1. The van der Waals surface area contributed by atoms with Crippen molar-refractivity contribution in [2.45, 2.75) is 58.3 Å². The summed E-state index contributed by atoms with van der Waals surface area (Å²) in [5.74, 6) is 2.40. The fraction of sp³-hybridized carbons (Fsp3) is 1.00. The lowest BCUT2D eigenvalue weighted by Crippen LogP contribution is -2.41. The number of thioether (sulfide) groups is 1. The Morgan fingerprint density at radius 1 is 0.889 bits per heavy atom. The molecule has 0 unspecified atom stereocenters. The number of hydrogen-bond acceptors (Lipinski definition) is 2. The highest BCUT2D eigenvalue weighted by Crippen LogP contribution is 2.13. The molecular formula is C15H34NOS+. The van der Waals surface area contributed by atoms with E-state index in [4.69, 9.17) is 5.11 Å². The zero-order chi connectivity index (χ0) is 13.7. The van der Waals surface area contributed by atoms with Crippen LogP contribution in [0.15, 0.2) is 0 Å². The van der Waals surface area contributed by atoms with Gasteiger partial charge in [0.25, 0.3) is 0 Å². The first-order valence-corrected chi connectivity index (χ1v) is 8.78. The number of likely N-dealkylation sites (N-methyl/N-ethyl adjacent to an activating group) is 1. The van der Waals surface area contributed by atoms with Crippen molar-refractivity contribution in [2.75, 3.05) is 38.9 Å². The number of aliphatic hydroxyl groups is 1. The number of aliphatic hydroxyl groups excluding tert-OH is 1. The van der Waals surface area contributed by atoms with Crippen molar-refractivity contribution in [1.29, 1.82) is 0 Å². The summed E-state index contributed by atoms with van der Waals surface area (Å²) < 4.78 is 0.929. The molecule has 1 N–H and O–H groups in total. The highest BCUT2D eigenvalue weighted by Gasteiger charge is 2.12. The monoisotopic (exact) mass is 276 g/mol. The Bertz CT molecular complexity index is 174. The molecule has 0 amide bonds. The molecule has 0 aliphatic rings. The zero-order valence-corrected chi connectivity index (χ0v) is 13.6. The van der Waals surface area contributed by atoms with E-state index in [0.29, 0.717) is 6.61 Å². The van der Waals surface area contributed by atoms with Crippen molar-refractivity contribution in [1.82, 2.24) is 0 Å². The Labute approximate surface area is 119 Å². The summed E-state index contributed by atoms with van der Waals surface area (Å²) in [6.07, 6.45) is 11.2. The maximum Gasteiger partial charge on any atom is 0.125 e. The largest absolute Gasteiger partial charge is 0.391 e. The maximum absolute atomic E-state index is 8.94. The molecule has 0 heterocycles. The lowest BCUT2D eigenvalue weighted by Gasteiger charge is -2.28. The molecule has 0 rings (SSSR count). The van der Waals surface area contributed by atoms with E-state index in [1.54, 1.807) is 0 Å². The van der Waals surface area contributed by atoms with Gasteiger partial charge >= 0.3 is 0 Å². The summed E-state index contributed by atoms with van der Waals surface area (Å²) in [5.41, 5.74) is 0. The highest BCUT2D eigenvalue weighted by molar-refractivity contribution is 7.99. The summed E-state index contributed by atoms with van der Waals surface area (Å²) in [6.45, 7) is 3.43. The van der Waals surface area contributed by atoms with Gasteiger partial charge in [0.1, 0.15) is 12.4 Å². The fourth-order valence-electron chi connectivity index (χ4n) is 1.98. The summed E-state index contributed by atoms with van der Waals surface area (Å²) in [6, 6.07) is 0. The standard InChI is InChI=1S/C15H34NOS/c1-4-5-6-7-8-9-10-11-14-18-15-16(2,3)12-13-17/h17H,4-15H2,1-3H3/q+1. The summed E-state index contributed by atoms with van der Waals surface area (Å²) >= 11 is 2.03. The van der Waals surface area contributed by atoms with Crippen molar-refractivity contribution in [3.63, 3.8) is 0 Å². The van der Waals surface area contributed by atoms with Crippen LogP contribution in [0.1, 0.15) is 58.3 Å². The Kier molecular flexibility index (Phi) is 12.5. The first kappa shape index (κ1) is 18.3. The van der Waals surface area contributed by atoms with Gasteiger partial charge in [-0.2, -0.15) is 0 Å². The van der Waals surface area contributed by atoms with E-state index in [1.165, 1.54) is 57.1 Å². The quantitative estimate of drug-likeness (QED) is 0.313. The Hall–Kier alpha value is 0.270.